The van der Waals surface area contributed by atoms with E-state index in [1.807, 2.05) is 25.1 Å². The van der Waals surface area contributed by atoms with Gasteiger partial charge in [0.05, 0.1) is 17.3 Å². The number of carbonyl (C=O) groups is 1. The topological polar surface area (TPSA) is 42.0 Å². The smallest absolute Gasteiger partial charge is 0.257 e. The van der Waals surface area contributed by atoms with Gasteiger partial charge in [0.2, 0.25) is 0 Å². The lowest BCUT2D eigenvalue weighted by molar-refractivity contribution is 0.0943. The van der Waals surface area contributed by atoms with Gasteiger partial charge >= 0.3 is 0 Å². The molecule has 0 unspecified atom stereocenters. The zero-order valence-electron chi connectivity index (χ0n) is 13.1. The second kappa shape index (κ2) is 7.29. The highest BCUT2D eigenvalue weighted by atomic mass is 35.5. The Labute approximate surface area is 152 Å². The van der Waals surface area contributed by atoms with E-state index in [-0.39, 0.29) is 6.54 Å². The molecule has 1 aromatic heterocycles. The van der Waals surface area contributed by atoms with Crippen molar-refractivity contribution in [2.45, 2.75) is 13.5 Å². The second-order valence-corrected chi connectivity index (χ2v) is 6.78. The van der Waals surface area contributed by atoms with Crippen LogP contribution in [0.25, 0.3) is 10.6 Å². The maximum absolute atomic E-state index is 13.7. The molecule has 0 aliphatic rings. The van der Waals surface area contributed by atoms with Crippen LogP contribution in [-0.4, -0.2) is 10.9 Å². The molecule has 0 atom stereocenters. The number of rotatable bonds is 4. The van der Waals surface area contributed by atoms with Gasteiger partial charge in [0, 0.05) is 10.4 Å². The van der Waals surface area contributed by atoms with Crippen LogP contribution in [0.3, 0.4) is 0 Å². The Kier molecular flexibility index (Phi) is 5.11. The van der Waals surface area contributed by atoms with E-state index >= 15 is 0 Å². The molecule has 1 amide bonds. The number of nitrogens with zero attached hydrogens (tertiary/aromatic N) is 1. The first-order valence-electron chi connectivity index (χ1n) is 7.41. The molecule has 0 fully saturated rings. The first-order chi connectivity index (χ1) is 12.0. The average molecular weight is 379 g/mol. The van der Waals surface area contributed by atoms with Gasteiger partial charge in [0.1, 0.15) is 22.2 Å². The van der Waals surface area contributed by atoms with E-state index in [9.17, 15) is 13.6 Å². The van der Waals surface area contributed by atoms with Crippen molar-refractivity contribution >= 4 is 28.8 Å². The molecule has 25 heavy (non-hydrogen) atoms. The fraction of sp³-hybridized carbons (Fsp3) is 0.111. The highest BCUT2D eigenvalue weighted by molar-refractivity contribution is 7.15. The summed E-state index contributed by atoms with van der Waals surface area (Å²) in [5.41, 5.74) is 0.945. The van der Waals surface area contributed by atoms with Gasteiger partial charge in [-0.2, -0.15) is 0 Å². The molecule has 0 radical (unpaired) electrons. The molecular formula is C18H13ClF2N2OS. The van der Waals surface area contributed by atoms with Gasteiger partial charge in [0.25, 0.3) is 5.91 Å². The van der Waals surface area contributed by atoms with Crippen molar-refractivity contribution in [2.75, 3.05) is 0 Å². The maximum atomic E-state index is 13.7. The number of aromatic nitrogens is 1. The van der Waals surface area contributed by atoms with Gasteiger partial charge < -0.3 is 5.32 Å². The summed E-state index contributed by atoms with van der Waals surface area (Å²) in [5.74, 6) is -2.59. The molecule has 1 heterocycles. The van der Waals surface area contributed by atoms with Crippen LogP contribution in [0.2, 0.25) is 5.02 Å². The summed E-state index contributed by atoms with van der Waals surface area (Å²) in [7, 11) is 0. The van der Waals surface area contributed by atoms with E-state index in [1.54, 1.807) is 6.07 Å². The zero-order chi connectivity index (χ0) is 18.0. The van der Waals surface area contributed by atoms with Crippen LogP contribution < -0.4 is 5.32 Å². The molecule has 0 saturated heterocycles. The molecule has 2 aromatic carbocycles. The summed E-state index contributed by atoms with van der Waals surface area (Å²) in [6, 6.07) is 10.6. The molecule has 0 aliphatic heterocycles. The van der Waals surface area contributed by atoms with E-state index in [4.69, 9.17) is 11.6 Å². The fourth-order valence-corrected chi connectivity index (χ4v) is 3.63. The molecule has 3 nitrogen and oxygen atoms in total. The Hall–Kier alpha value is -2.31. The van der Waals surface area contributed by atoms with Gasteiger partial charge in [-0.3, -0.25) is 4.79 Å². The summed E-state index contributed by atoms with van der Waals surface area (Å²) in [6.45, 7) is 1.93. The van der Waals surface area contributed by atoms with Crippen LogP contribution in [0.15, 0.2) is 42.5 Å². The molecular weight excluding hydrogens is 366 g/mol. The quantitative estimate of drug-likeness (QED) is 0.695. The molecule has 7 heteroatoms. The standard InChI is InChI=1S/C18H13ClF2N2OS/c1-10-15(25-18(23-10)11-5-2-3-6-12(11)19)9-22-17(24)16-13(20)7-4-8-14(16)21/h2-8H,9H2,1H3,(H,22,24). The van der Waals surface area contributed by atoms with Crippen LogP contribution in [-0.2, 0) is 6.54 Å². The minimum atomic E-state index is -0.893. The monoisotopic (exact) mass is 378 g/mol. The lowest BCUT2D eigenvalue weighted by atomic mass is 10.2. The maximum Gasteiger partial charge on any atom is 0.257 e. The Bertz CT molecular complexity index is 922. The van der Waals surface area contributed by atoms with Gasteiger partial charge in [-0.1, -0.05) is 35.9 Å². The van der Waals surface area contributed by atoms with E-state index in [1.165, 1.54) is 17.4 Å². The average Bonchev–Trinajstić information content (AvgIpc) is 2.94. The predicted octanol–water partition coefficient (Wildman–Crippen LogP) is 4.98. The van der Waals surface area contributed by atoms with Crippen molar-refractivity contribution in [3.05, 3.63) is 75.3 Å². The van der Waals surface area contributed by atoms with Crippen LogP contribution in [0, 0.1) is 18.6 Å². The van der Waals surface area contributed by atoms with Gasteiger partial charge in [0.15, 0.2) is 0 Å². The molecule has 0 spiro atoms. The molecule has 1 N–H and O–H groups in total. The summed E-state index contributed by atoms with van der Waals surface area (Å²) in [4.78, 5) is 17.3. The van der Waals surface area contributed by atoms with E-state index in [2.05, 4.69) is 10.3 Å². The van der Waals surface area contributed by atoms with Crippen molar-refractivity contribution < 1.29 is 13.6 Å². The predicted molar refractivity (Wildman–Crippen MR) is 94.8 cm³/mol. The number of nitrogens with one attached hydrogen (secondary N) is 1. The fourth-order valence-electron chi connectivity index (χ4n) is 2.31. The van der Waals surface area contributed by atoms with Crippen molar-refractivity contribution in [3.8, 4) is 10.6 Å². The van der Waals surface area contributed by atoms with Gasteiger partial charge in [-0.15, -0.1) is 11.3 Å². The third-order valence-electron chi connectivity index (χ3n) is 3.60. The van der Waals surface area contributed by atoms with Gasteiger partial charge in [-0.25, -0.2) is 13.8 Å². The molecule has 0 saturated carbocycles. The third-order valence-corrected chi connectivity index (χ3v) is 5.12. The molecule has 128 valence electrons. The number of amides is 1. The summed E-state index contributed by atoms with van der Waals surface area (Å²) in [6.07, 6.45) is 0. The highest BCUT2D eigenvalue weighted by Gasteiger charge is 2.18. The SMILES string of the molecule is Cc1nc(-c2ccccc2Cl)sc1CNC(=O)c1c(F)cccc1F. The number of hydrogen-bond acceptors (Lipinski definition) is 3. The summed E-state index contributed by atoms with van der Waals surface area (Å²) >= 11 is 7.55. The zero-order valence-corrected chi connectivity index (χ0v) is 14.7. The van der Waals surface area contributed by atoms with Gasteiger partial charge in [-0.05, 0) is 25.1 Å². The van der Waals surface area contributed by atoms with Crippen LogP contribution in [0.5, 0.6) is 0 Å². The van der Waals surface area contributed by atoms with E-state index in [0.29, 0.717) is 5.02 Å². The molecule has 0 bridgehead atoms. The lowest BCUT2D eigenvalue weighted by Gasteiger charge is -2.06. The van der Waals surface area contributed by atoms with Crippen molar-refractivity contribution in [1.82, 2.24) is 10.3 Å². The van der Waals surface area contributed by atoms with Crippen LogP contribution in [0.1, 0.15) is 20.9 Å². The minimum Gasteiger partial charge on any atom is -0.347 e. The number of benzene rings is 2. The Morgan fingerprint density at radius 2 is 1.84 bits per heavy atom. The summed E-state index contributed by atoms with van der Waals surface area (Å²) < 4.78 is 27.3. The van der Waals surface area contributed by atoms with Crippen molar-refractivity contribution in [2.24, 2.45) is 0 Å². The number of halogens is 3. The van der Waals surface area contributed by atoms with E-state index < -0.39 is 23.1 Å². The normalized spacial score (nSPS) is 10.7. The number of thiazole rings is 1. The van der Waals surface area contributed by atoms with Crippen LogP contribution >= 0.6 is 22.9 Å². The number of carbonyl (C=O) groups excluding carboxylic acids is 1. The molecule has 3 aromatic rings. The largest absolute Gasteiger partial charge is 0.347 e. The lowest BCUT2D eigenvalue weighted by Crippen LogP contribution is -2.25. The Balaban J connectivity index is 1.78. The third kappa shape index (κ3) is 3.70. The minimum absolute atomic E-state index is 0.126. The number of hydrogen-bond donors (Lipinski definition) is 1. The summed E-state index contributed by atoms with van der Waals surface area (Å²) in [5, 5.41) is 3.85. The Morgan fingerprint density at radius 1 is 1.16 bits per heavy atom. The van der Waals surface area contributed by atoms with Crippen molar-refractivity contribution in [3.63, 3.8) is 0 Å². The second-order valence-electron chi connectivity index (χ2n) is 5.29. The Morgan fingerprint density at radius 3 is 2.52 bits per heavy atom. The van der Waals surface area contributed by atoms with Crippen LogP contribution in [0.4, 0.5) is 8.78 Å². The molecule has 3 rings (SSSR count). The van der Waals surface area contributed by atoms with Crippen molar-refractivity contribution in [1.29, 1.82) is 0 Å². The molecule has 0 aliphatic carbocycles. The number of aryl methyl sites for hydroxylation is 1. The van der Waals surface area contributed by atoms with E-state index in [0.717, 1.165) is 33.3 Å². The highest BCUT2D eigenvalue weighted by Crippen LogP contribution is 2.32. The first kappa shape index (κ1) is 17.5. The first-order valence-corrected chi connectivity index (χ1v) is 8.60.